The topological polar surface area (TPSA) is 64.1 Å². The van der Waals surface area contributed by atoms with Gasteiger partial charge in [-0.15, -0.1) is 24.0 Å². The number of methoxy groups -OCH3 is 2. The van der Waals surface area contributed by atoms with Gasteiger partial charge in [0.1, 0.15) is 5.75 Å². The molecule has 2 N–H and O–H groups in total. The van der Waals surface area contributed by atoms with Crippen LogP contribution >= 0.6 is 39.9 Å². The van der Waals surface area contributed by atoms with Gasteiger partial charge in [-0.05, 0) is 37.3 Å². The average Bonchev–Trinajstić information content (AvgIpc) is 2.66. The van der Waals surface area contributed by atoms with Crippen molar-refractivity contribution in [2.75, 3.05) is 33.2 Å². The summed E-state index contributed by atoms with van der Waals surface area (Å²) in [6, 6.07) is 11.5. The van der Waals surface area contributed by atoms with Crippen LogP contribution in [0.3, 0.4) is 0 Å². The summed E-state index contributed by atoms with van der Waals surface area (Å²) >= 11 is 3.48. The molecule has 0 aliphatic heterocycles. The summed E-state index contributed by atoms with van der Waals surface area (Å²) in [5, 5.41) is 6.53. The highest BCUT2D eigenvalue weighted by molar-refractivity contribution is 14.0. The smallest absolute Gasteiger partial charge is 0.195 e. The highest BCUT2D eigenvalue weighted by Crippen LogP contribution is 2.30. The maximum atomic E-state index is 5.54. The lowest BCUT2D eigenvalue weighted by Gasteiger charge is -2.15. The zero-order valence-corrected chi connectivity index (χ0v) is 19.8. The Balaban J connectivity index is 0.00000364. The van der Waals surface area contributed by atoms with Crippen molar-refractivity contribution < 1.29 is 14.2 Å². The van der Waals surface area contributed by atoms with Gasteiger partial charge >= 0.3 is 0 Å². The molecule has 0 aliphatic rings. The number of nitrogens with one attached hydrogen (secondary N) is 2. The second-order valence-electron chi connectivity index (χ2n) is 5.31. The van der Waals surface area contributed by atoms with Gasteiger partial charge in [0.25, 0.3) is 0 Å². The predicted molar refractivity (Wildman–Crippen MR) is 124 cm³/mol. The third-order valence-corrected chi connectivity index (χ3v) is 4.13. The van der Waals surface area contributed by atoms with Crippen molar-refractivity contribution in [2.45, 2.75) is 13.5 Å². The number of halogens is 2. The summed E-state index contributed by atoms with van der Waals surface area (Å²) in [5.41, 5.74) is 1.87. The Hall–Kier alpha value is -1.68. The van der Waals surface area contributed by atoms with E-state index in [4.69, 9.17) is 14.2 Å². The third-order valence-electron chi connectivity index (χ3n) is 3.64. The van der Waals surface area contributed by atoms with Gasteiger partial charge in [0.2, 0.25) is 0 Å². The number of nitrogens with zero attached hydrogens (tertiary/aromatic N) is 1. The number of hydrogen-bond donors (Lipinski definition) is 2. The first-order chi connectivity index (χ1) is 12.6. The minimum Gasteiger partial charge on any atom is -0.496 e. The molecule has 6 nitrogen and oxygen atoms in total. The largest absolute Gasteiger partial charge is 0.496 e. The van der Waals surface area contributed by atoms with Crippen LogP contribution in [0.4, 0.5) is 5.69 Å². The first kappa shape index (κ1) is 23.4. The Bertz CT molecular complexity index is 772. The molecule has 2 aromatic rings. The summed E-state index contributed by atoms with van der Waals surface area (Å²) < 4.78 is 17.3. The van der Waals surface area contributed by atoms with Gasteiger partial charge in [-0.1, -0.05) is 15.9 Å². The van der Waals surface area contributed by atoms with Gasteiger partial charge in [-0.25, -0.2) is 0 Å². The Morgan fingerprint density at radius 3 is 2.37 bits per heavy atom. The number of ether oxygens (including phenoxy) is 3. The second kappa shape index (κ2) is 11.9. The first-order valence-corrected chi connectivity index (χ1v) is 9.01. The first-order valence-electron chi connectivity index (χ1n) is 8.22. The molecular weight excluding hydrogens is 525 g/mol. The van der Waals surface area contributed by atoms with E-state index in [1.807, 2.05) is 43.3 Å². The van der Waals surface area contributed by atoms with E-state index in [-0.39, 0.29) is 24.0 Å². The third kappa shape index (κ3) is 6.76. The molecular formula is C19H25BrIN3O3. The monoisotopic (exact) mass is 549 g/mol. The van der Waals surface area contributed by atoms with Gasteiger partial charge in [0, 0.05) is 35.4 Å². The van der Waals surface area contributed by atoms with Crippen molar-refractivity contribution in [2.24, 2.45) is 4.99 Å². The van der Waals surface area contributed by atoms with Gasteiger partial charge in [-0.2, -0.15) is 0 Å². The van der Waals surface area contributed by atoms with Crippen molar-refractivity contribution >= 4 is 51.6 Å². The van der Waals surface area contributed by atoms with Crippen LogP contribution in [0.2, 0.25) is 0 Å². The van der Waals surface area contributed by atoms with Gasteiger partial charge in [0.05, 0.1) is 20.8 Å². The number of anilines is 1. The number of rotatable bonds is 7. The summed E-state index contributed by atoms with van der Waals surface area (Å²) in [6.07, 6.45) is 0. The van der Waals surface area contributed by atoms with Crippen LogP contribution < -0.4 is 24.8 Å². The molecule has 0 heterocycles. The predicted octanol–water partition coefficient (Wildman–Crippen LogP) is 4.67. The minimum atomic E-state index is 0. The molecule has 0 amide bonds. The molecule has 0 aromatic heterocycles. The summed E-state index contributed by atoms with van der Waals surface area (Å²) in [5.74, 6) is 2.83. The molecule has 0 fully saturated rings. The van der Waals surface area contributed by atoms with E-state index in [0.717, 1.165) is 21.5 Å². The Morgan fingerprint density at radius 2 is 1.74 bits per heavy atom. The minimum absolute atomic E-state index is 0. The van der Waals surface area contributed by atoms with Crippen LogP contribution in [-0.2, 0) is 6.54 Å². The van der Waals surface area contributed by atoms with Crippen molar-refractivity contribution in [1.29, 1.82) is 0 Å². The Morgan fingerprint density at radius 1 is 1.04 bits per heavy atom. The van der Waals surface area contributed by atoms with Crippen LogP contribution in [-0.4, -0.2) is 33.8 Å². The highest BCUT2D eigenvalue weighted by Gasteiger charge is 2.08. The fourth-order valence-electron chi connectivity index (χ4n) is 2.40. The average molecular weight is 550 g/mol. The molecule has 0 aliphatic carbocycles. The zero-order chi connectivity index (χ0) is 18.9. The SMILES string of the molecule is CCOc1ccc(NC(=NC)NCc2cc(Br)ccc2OC)cc1OC.I. The molecule has 0 bridgehead atoms. The lowest BCUT2D eigenvalue weighted by Crippen LogP contribution is -2.30. The molecule has 0 saturated carbocycles. The molecule has 148 valence electrons. The fraction of sp³-hybridized carbons (Fsp3) is 0.316. The van der Waals surface area contributed by atoms with Crippen LogP contribution in [0.5, 0.6) is 17.2 Å². The van der Waals surface area contributed by atoms with Gasteiger partial charge in [-0.3, -0.25) is 4.99 Å². The van der Waals surface area contributed by atoms with E-state index in [1.54, 1.807) is 21.3 Å². The maximum Gasteiger partial charge on any atom is 0.195 e. The van der Waals surface area contributed by atoms with Crippen molar-refractivity contribution in [3.8, 4) is 17.2 Å². The maximum absolute atomic E-state index is 5.54. The van der Waals surface area contributed by atoms with E-state index >= 15 is 0 Å². The lowest BCUT2D eigenvalue weighted by molar-refractivity contribution is 0.311. The normalized spacial score (nSPS) is 10.6. The zero-order valence-electron chi connectivity index (χ0n) is 15.8. The van der Waals surface area contributed by atoms with Crippen molar-refractivity contribution in [1.82, 2.24) is 5.32 Å². The van der Waals surface area contributed by atoms with E-state index < -0.39 is 0 Å². The molecule has 2 aromatic carbocycles. The van der Waals surface area contributed by atoms with Crippen LogP contribution in [0.15, 0.2) is 45.9 Å². The molecule has 8 heteroatoms. The number of hydrogen-bond acceptors (Lipinski definition) is 4. The molecule has 27 heavy (non-hydrogen) atoms. The summed E-state index contributed by atoms with van der Waals surface area (Å²) in [6.45, 7) is 3.09. The number of benzene rings is 2. The van der Waals surface area contributed by atoms with Gasteiger partial charge < -0.3 is 24.8 Å². The molecule has 0 radical (unpaired) electrons. The Kier molecular flexibility index (Phi) is 10.3. The van der Waals surface area contributed by atoms with Crippen LogP contribution in [0.1, 0.15) is 12.5 Å². The lowest BCUT2D eigenvalue weighted by atomic mass is 10.2. The van der Waals surface area contributed by atoms with E-state index in [0.29, 0.717) is 30.6 Å². The fourth-order valence-corrected chi connectivity index (χ4v) is 2.81. The summed E-state index contributed by atoms with van der Waals surface area (Å²) in [7, 11) is 5.00. The molecule has 0 unspecified atom stereocenters. The second-order valence-corrected chi connectivity index (χ2v) is 6.22. The van der Waals surface area contributed by atoms with E-state index in [1.165, 1.54) is 0 Å². The van der Waals surface area contributed by atoms with Crippen molar-refractivity contribution in [3.63, 3.8) is 0 Å². The van der Waals surface area contributed by atoms with Crippen LogP contribution in [0.25, 0.3) is 0 Å². The van der Waals surface area contributed by atoms with E-state index in [2.05, 4.69) is 31.6 Å². The quantitative estimate of drug-likeness (QED) is 0.298. The molecule has 0 saturated heterocycles. The van der Waals surface area contributed by atoms with Gasteiger partial charge in [0.15, 0.2) is 17.5 Å². The Labute approximate surface area is 185 Å². The highest BCUT2D eigenvalue weighted by atomic mass is 127. The van der Waals surface area contributed by atoms with Crippen molar-refractivity contribution in [3.05, 3.63) is 46.4 Å². The molecule has 0 atom stereocenters. The molecule has 2 rings (SSSR count). The standard InChI is InChI=1S/C19H24BrN3O3.HI/c1-5-26-17-9-7-15(11-18(17)25-4)23-19(21-2)22-12-13-10-14(20)6-8-16(13)24-3;/h6-11H,5,12H2,1-4H3,(H2,21,22,23);1H. The number of guanidine groups is 1. The van der Waals surface area contributed by atoms with E-state index in [9.17, 15) is 0 Å². The van der Waals surface area contributed by atoms with Crippen LogP contribution in [0, 0.1) is 0 Å². The summed E-state index contributed by atoms with van der Waals surface area (Å²) in [4.78, 5) is 4.26. The number of aliphatic imine (C=N–C) groups is 1. The molecule has 0 spiro atoms.